The number of hydrogen-bond donors (Lipinski definition) is 2. The minimum Gasteiger partial charge on any atom is -0.497 e. The molecule has 0 spiro atoms. The molecule has 3 rings (SSSR count). The van der Waals surface area contributed by atoms with Gasteiger partial charge in [-0.05, 0) is 37.3 Å². The van der Waals surface area contributed by atoms with E-state index in [2.05, 4.69) is 32.7 Å². The van der Waals surface area contributed by atoms with Gasteiger partial charge in [0.05, 0.1) is 12.5 Å². The molecule has 1 aromatic rings. The van der Waals surface area contributed by atoms with Crippen molar-refractivity contribution in [2.75, 3.05) is 59.3 Å². The third kappa shape index (κ3) is 5.18. The fourth-order valence-electron chi connectivity index (χ4n) is 4.75. The van der Waals surface area contributed by atoms with E-state index < -0.39 is 0 Å². The number of guanidine groups is 1. The fraction of sp³-hybridized carbons (Fsp3) is 0.652. The zero-order chi connectivity index (χ0) is 21.6. The third-order valence-corrected chi connectivity index (χ3v) is 6.50. The Morgan fingerprint density at radius 1 is 1.30 bits per heavy atom. The summed E-state index contributed by atoms with van der Waals surface area (Å²) in [6.45, 7) is 3.57. The third-order valence-electron chi connectivity index (χ3n) is 6.50. The smallest absolute Gasteiger partial charge is 0.230 e. The Morgan fingerprint density at radius 2 is 2.07 bits per heavy atom. The number of rotatable bonds is 7. The van der Waals surface area contributed by atoms with Gasteiger partial charge in [-0.15, -0.1) is 0 Å². The van der Waals surface area contributed by atoms with Crippen molar-refractivity contribution in [3.63, 3.8) is 0 Å². The van der Waals surface area contributed by atoms with E-state index in [9.17, 15) is 4.79 Å². The van der Waals surface area contributed by atoms with Gasteiger partial charge in [0, 0.05) is 59.1 Å². The zero-order valence-corrected chi connectivity index (χ0v) is 18.9. The molecule has 1 atom stereocenters. The number of nitrogens with zero attached hydrogens (tertiary/aromatic N) is 3. The number of carbonyl (C=O) groups excluding carboxylic acids is 1. The monoisotopic (exact) mass is 415 g/mol. The minimum atomic E-state index is -0.294. The predicted octanol–water partition coefficient (Wildman–Crippen LogP) is 2.34. The van der Waals surface area contributed by atoms with Gasteiger partial charge in [0.1, 0.15) is 5.75 Å². The van der Waals surface area contributed by atoms with Gasteiger partial charge in [-0.2, -0.15) is 0 Å². The van der Waals surface area contributed by atoms with Crippen LogP contribution in [0, 0.1) is 11.3 Å². The average molecular weight is 416 g/mol. The van der Waals surface area contributed by atoms with E-state index in [1.165, 1.54) is 5.69 Å². The Kier molecular flexibility index (Phi) is 7.45. The fourth-order valence-corrected chi connectivity index (χ4v) is 4.75. The van der Waals surface area contributed by atoms with Gasteiger partial charge in [-0.25, -0.2) is 0 Å². The van der Waals surface area contributed by atoms with Gasteiger partial charge >= 0.3 is 0 Å². The first-order valence-corrected chi connectivity index (χ1v) is 11.0. The molecule has 2 aliphatic rings. The van der Waals surface area contributed by atoms with Gasteiger partial charge in [-0.3, -0.25) is 9.79 Å². The molecule has 0 aromatic heterocycles. The van der Waals surface area contributed by atoms with E-state index >= 15 is 0 Å². The van der Waals surface area contributed by atoms with Crippen LogP contribution in [0.3, 0.4) is 0 Å². The molecular formula is C23H37N5O2. The maximum atomic E-state index is 12.8. The second-order valence-corrected chi connectivity index (χ2v) is 8.80. The number of anilines is 1. The van der Waals surface area contributed by atoms with Gasteiger partial charge in [0.25, 0.3) is 0 Å². The lowest BCUT2D eigenvalue weighted by molar-refractivity contribution is -0.138. The quantitative estimate of drug-likeness (QED) is 0.528. The number of hydrogen-bond acceptors (Lipinski definition) is 4. The number of benzene rings is 1. The summed E-state index contributed by atoms with van der Waals surface area (Å²) < 4.78 is 5.35. The summed E-state index contributed by atoms with van der Waals surface area (Å²) in [7, 11) is 7.20. The Bertz CT molecular complexity index is 743. The lowest BCUT2D eigenvalue weighted by atomic mass is 9.84. The van der Waals surface area contributed by atoms with E-state index in [-0.39, 0.29) is 11.3 Å². The number of nitrogens with one attached hydrogen (secondary N) is 2. The van der Waals surface area contributed by atoms with Gasteiger partial charge in [0.15, 0.2) is 5.96 Å². The Labute approximate surface area is 180 Å². The lowest BCUT2D eigenvalue weighted by Gasteiger charge is -2.31. The largest absolute Gasteiger partial charge is 0.497 e. The maximum Gasteiger partial charge on any atom is 0.230 e. The highest BCUT2D eigenvalue weighted by molar-refractivity contribution is 5.85. The van der Waals surface area contributed by atoms with Crippen molar-refractivity contribution in [2.45, 2.75) is 32.1 Å². The van der Waals surface area contributed by atoms with Crippen molar-refractivity contribution in [3.05, 3.63) is 24.3 Å². The summed E-state index contributed by atoms with van der Waals surface area (Å²) in [4.78, 5) is 21.3. The standard InChI is InChI=1S/C23H37N5O2/c1-24-22(26-17-23(11-5-6-12-23)21(29)27(2)3)25-15-18-10-13-28(16-18)19-8-7-9-20(14-19)30-4/h7-9,14,18H,5-6,10-13,15-17H2,1-4H3,(H2,24,25,26). The van der Waals surface area contributed by atoms with Crippen LogP contribution in [0.15, 0.2) is 29.3 Å². The van der Waals surface area contributed by atoms with Crippen molar-refractivity contribution in [1.29, 1.82) is 0 Å². The first-order chi connectivity index (χ1) is 14.5. The van der Waals surface area contributed by atoms with Crippen LogP contribution < -0.4 is 20.3 Å². The molecule has 1 amide bonds. The number of carbonyl (C=O) groups is 1. The molecule has 7 nitrogen and oxygen atoms in total. The molecule has 2 N–H and O–H groups in total. The van der Waals surface area contributed by atoms with E-state index in [4.69, 9.17) is 4.74 Å². The normalized spacial score (nSPS) is 20.9. The topological polar surface area (TPSA) is 69.2 Å². The summed E-state index contributed by atoms with van der Waals surface area (Å²) in [6.07, 6.45) is 5.29. The second-order valence-electron chi connectivity index (χ2n) is 8.80. The molecule has 1 aliphatic carbocycles. The van der Waals surface area contributed by atoms with Crippen molar-refractivity contribution >= 4 is 17.6 Å². The molecule has 0 radical (unpaired) electrons. The van der Waals surface area contributed by atoms with Crippen LogP contribution in [0.25, 0.3) is 0 Å². The summed E-state index contributed by atoms with van der Waals surface area (Å²) in [5, 5.41) is 6.91. The molecule has 1 aliphatic heterocycles. The van der Waals surface area contributed by atoms with Crippen LogP contribution >= 0.6 is 0 Å². The maximum absolute atomic E-state index is 12.8. The molecular weight excluding hydrogens is 378 g/mol. The van der Waals surface area contributed by atoms with Gasteiger partial charge in [0.2, 0.25) is 5.91 Å². The molecule has 30 heavy (non-hydrogen) atoms. The van der Waals surface area contributed by atoms with Crippen LogP contribution in [-0.4, -0.2) is 71.2 Å². The van der Waals surface area contributed by atoms with Crippen molar-refractivity contribution < 1.29 is 9.53 Å². The molecule has 1 heterocycles. The van der Waals surface area contributed by atoms with Gasteiger partial charge < -0.3 is 25.2 Å². The Hall–Kier alpha value is -2.44. The number of ether oxygens (including phenoxy) is 1. The Balaban J connectivity index is 1.49. The summed E-state index contributed by atoms with van der Waals surface area (Å²) in [5.74, 6) is 2.46. The van der Waals surface area contributed by atoms with Crippen LogP contribution in [0.5, 0.6) is 5.75 Å². The molecule has 166 valence electrons. The highest BCUT2D eigenvalue weighted by atomic mass is 16.5. The minimum absolute atomic E-state index is 0.229. The average Bonchev–Trinajstić information content (AvgIpc) is 3.44. The SMILES string of the molecule is CN=C(NCC1CCN(c2cccc(OC)c2)C1)NCC1(C(=O)N(C)C)CCCC1. The van der Waals surface area contributed by atoms with Crippen LogP contribution in [0.1, 0.15) is 32.1 Å². The van der Waals surface area contributed by atoms with E-state index in [1.54, 1.807) is 19.1 Å². The van der Waals surface area contributed by atoms with Crippen LogP contribution in [-0.2, 0) is 4.79 Å². The molecule has 1 unspecified atom stereocenters. The van der Waals surface area contributed by atoms with E-state index in [0.29, 0.717) is 12.5 Å². The summed E-state index contributed by atoms with van der Waals surface area (Å²) >= 11 is 0. The first kappa shape index (κ1) is 22.2. The van der Waals surface area contributed by atoms with Crippen molar-refractivity contribution in [3.8, 4) is 5.75 Å². The molecule has 1 aromatic carbocycles. The highest BCUT2D eigenvalue weighted by Gasteiger charge is 2.42. The van der Waals surface area contributed by atoms with Crippen LogP contribution in [0.4, 0.5) is 5.69 Å². The van der Waals surface area contributed by atoms with Crippen LogP contribution in [0.2, 0.25) is 0 Å². The lowest BCUT2D eigenvalue weighted by Crippen LogP contribution is -2.49. The molecule has 7 heteroatoms. The highest BCUT2D eigenvalue weighted by Crippen LogP contribution is 2.38. The summed E-state index contributed by atoms with van der Waals surface area (Å²) in [5.41, 5.74) is 0.919. The molecule has 0 bridgehead atoms. The van der Waals surface area contributed by atoms with Crippen molar-refractivity contribution in [2.24, 2.45) is 16.3 Å². The van der Waals surface area contributed by atoms with E-state index in [0.717, 1.165) is 63.4 Å². The van der Waals surface area contributed by atoms with Crippen molar-refractivity contribution in [1.82, 2.24) is 15.5 Å². The Morgan fingerprint density at radius 3 is 2.73 bits per heavy atom. The molecule has 1 saturated heterocycles. The molecule has 2 fully saturated rings. The van der Waals surface area contributed by atoms with Gasteiger partial charge in [-0.1, -0.05) is 18.9 Å². The second kappa shape index (κ2) is 10.0. The zero-order valence-electron chi connectivity index (χ0n) is 18.9. The molecule has 1 saturated carbocycles. The number of methoxy groups -OCH3 is 1. The predicted molar refractivity (Wildman–Crippen MR) is 122 cm³/mol. The first-order valence-electron chi connectivity index (χ1n) is 11.0. The van der Waals surface area contributed by atoms with E-state index in [1.807, 2.05) is 26.2 Å². The number of amides is 1. The number of aliphatic imine (C=N–C) groups is 1. The summed E-state index contributed by atoms with van der Waals surface area (Å²) in [6, 6.07) is 8.26.